The molecule has 1 unspecified atom stereocenters. The average Bonchev–Trinajstić information content (AvgIpc) is 2.95. The minimum Gasteiger partial charge on any atom is -0.309 e. The van der Waals surface area contributed by atoms with E-state index in [9.17, 15) is 0 Å². The Morgan fingerprint density at radius 3 is 2.74 bits per heavy atom. The van der Waals surface area contributed by atoms with Crippen LogP contribution in [0.4, 0.5) is 0 Å². The quantitative estimate of drug-likeness (QED) is 0.863. The van der Waals surface area contributed by atoms with Crippen LogP contribution in [0, 0.1) is 0 Å². The number of aromatic nitrogens is 2. The molecule has 1 aliphatic rings. The Labute approximate surface area is 121 Å². The second kappa shape index (κ2) is 6.80. The molecule has 108 valence electrons. The minimum absolute atomic E-state index is 0.395. The first kappa shape index (κ1) is 14.9. The first-order chi connectivity index (χ1) is 9.19. The topological polar surface area (TPSA) is 29.9 Å². The Bertz CT molecular complexity index is 382. The molecule has 0 radical (unpaired) electrons. The van der Waals surface area contributed by atoms with E-state index in [1.807, 2.05) is 10.9 Å². The summed E-state index contributed by atoms with van der Waals surface area (Å²) in [5.41, 5.74) is 1.30. The van der Waals surface area contributed by atoms with Crippen LogP contribution in [0.15, 0.2) is 12.4 Å². The highest BCUT2D eigenvalue weighted by Gasteiger charge is 2.31. The van der Waals surface area contributed by atoms with E-state index in [4.69, 9.17) is 0 Å². The van der Waals surface area contributed by atoms with E-state index in [0.29, 0.717) is 10.8 Å². The molecule has 2 rings (SSSR count). The second-order valence-corrected chi connectivity index (χ2v) is 6.95. The summed E-state index contributed by atoms with van der Waals surface area (Å²) in [5, 5.41) is 8.08. The van der Waals surface area contributed by atoms with Gasteiger partial charge in [-0.1, -0.05) is 19.3 Å². The lowest BCUT2D eigenvalue weighted by Gasteiger charge is -2.36. The molecule has 3 nitrogen and oxygen atoms in total. The lowest BCUT2D eigenvalue weighted by molar-refractivity contribution is 0.367. The van der Waals surface area contributed by atoms with Crippen molar-refractivity contribution in [1.82, 2.24) is 15.1 Å². The smallest absolute Gasteiger partial charge is 0.0537 e. The SMILES string of the molecule is CCn1cc(C(C)NCC2(SC)CCCCC2)cn1. The lowest BCUT2D eigenvalue weighted by Crippen LogP contribution is -2.40. The molecule has 1 heterocycles. The van der Waals surface area contributed by atoms with Crippen molar-refractivity contribution in [3.63, 3.8) is 0 Å². The van der Waals surface area contributed by atoms with E-state index in [2.05, 4.69) is 48.5 Å². The zero-order valence-electron chi connectivity index (χ0n) is 12.5. The van der Waals surface area contributed by atoms with Gasteiger partial charge in [-0.15, -0.1) is 0 Å². The fourth-order valence-corrected chi connectivity index (χ4v) is 3.81. The summed E-state index contributed by atoms with van der Waals surface area (Å²) in [6, 6.07) is 0.395. The van der Waals surface area contributed by atoms with Crippen molar-refractivity contribution in [2.45, 2.75) is 63.3 Å². The van der Waals surface area contributed by atoms with Crippen molar-refractivity contribution in [3.05, 3.63) is 18.0 Å². The Morgan fingerprint density at radius 1 is 1.42 bits per heavy atom. The fraction of sp³-hybridized carbons (Fsp3) is 0.800. The molecule has 1 aromatic heterocycles. The molecule has 19 heavy (non-hydrogen) atoms. The fourth-order valence-electron chi connectivity index (χ4n) is 2.88. The maximum absolute atomic E-state index is 4.36. The zero-order valence-corrected chi connectivity index (χ0v) is 13.3. The summed E-state index contributed by atoms with van der Waals surface area (Å²) in [6.45, 7) is 6.43. The predicted molar refractivity (Wildman–Crippen MR) is 83.6 cm³/mol. The van der Waals surface area contributed by atoms with Gasteiger partial charge in [0.2, 0.25) is 0 Å². The van der Waals surface area contributed by atoms with Gasteiger partial charge in [-0.05, 0) is 32.9 Å². The number of hydrogen-bond donors (Lipinski definition) is 1. The molecule has 0 aromatic carbocycles. The van der Waals surface area contributed by atoms with Crippen molar-refractivity contribution in [1.29, 1.82) is 0 Å². The van der Waals surface area contributed by atoms with Gasteiger partial charge in [-0.3, -0.25) is 4.68 Å². The van der Waals surface area contributed by atoms with Crippen LogP contribution < -0.4 is 5.32 Å². The maximum Gasteiger partial charge on any atom is 0.0537 e. The van der Waals surface area contributed by atoms with Crippen LogP contribution in [0.25, 0.3) is 0 Å². The number of hydrogen-bond acceptors (Lipinski definition) is 3. The summed E-state index contributed by atoms with van der Waals surface area (Å²) in [7, 11) is 0. The lowest BCUT2D eigenvalue weighted by atomic mass is 9.88. The van der Waals surface area contributed by atoms with Crippen molar-refractivity contribution < 1.29 is 0 Å². The number of rotatable bonds is 6. The molecule has 1 N–H and O–H groups in total. The molecule has 1 saturated carbocycles. The molecular weight excluding hydrogens is 254 g/mol. The molecule has 1 aromatic rings. The van der Waals surface area contributed by atoms with Crippen molar-refractivity contribution in [3.8, 4) is 0 Å². The van der Waals surface area contributed by atoms with E-state index >= 15 is 0 Å². The first-order valence-corrected chi connectivity index (χ1v) is 8.72. The Morgan fingerprint density at radius 2 is 2.16 bits per heavy atom. The van der Waals surface area contributed by atoms with E-state index in [1.54, 1.807) is 0 Å². The highest BCUT2D eigenvalue weighted by Crippen LogP contribution is 2.38. The van der Waals surface area contributed by atoms with Crippen molar-refractivity contribution >= 4 is 11.8 Å². The third kappa shape index (κ3) is 3.76. The summed E-state index contributed by atoms with van der Waals surface area (Å²) in [4.78, 5) is 0. The zero-order chi connectivity index (χ0) is 13.7. The van der Waals surface area contributed by atoms with Gasteiger partial charge in [-0.25, -0.2) is 0 Å². The van der Waals surface area contributed by atoms with Gasteiger partial charge in [-0.2, -0.15) is 16.9 Å². The van der Waals surface area contributed by atoms with Crippen LogP contribution in [0.2, 0.25) is 0 Å². The Kier molecular flexibility index (Phi) is 5.34. The van der Waals surface area contributed by atoms with Crippen LogP contribution in [0.1, 0.15) is 57.6 Å². The van der Waals surface area contributed by atoms with E-state index in [-0.39, 0.29) is 0 Å². The Hall–Kier alpha value is -0.480. The van der Waals surface area contributed by atoms with Gasteiger partial charge < -0.3 is 5.32 Å². The second-order valence-electron chi connectivity index (χ2n) is 5.68. The number of thioether (sulfide) groups is 1. The van der Waals surface area contributed by atoms with Gasteiger partial charge >= 0.3 is 0 Å². The van der Waals surface area contributed by atoms with Crippen LogP contribution in [0.5, 0.6) is 0 Å². The number of nitrogens with one attached hydrogen (secondary N) is 1. The van der Waals surface area contributed by atoms with E-state index in [1.165, 1.54) is 37.7 Å². The van der Waals surface area contributed by atoms with Crippen LogP contribution in [-0.4, -0.2) is 27.3 Å². The van der Waals surface area contributed by atoms with Crippen LogP contribution in [-0.2, 0) is 6.54 Å². The highest BCUT2D eigenvalue weighted by molar-refractivity contribution is 8.00. The maximum atomic E-state index is 4.36. The van der Waals surface area contributed by atoms with Gasteiger partial charge in [0.15, 0.2) is 0 Å². The number of nitrogens with zero attached hydrogens (tertiary/aromatic N) is 2. The summed E-state index contributed by atoms with van der Waals surface area (Å²) in [6.07, 6.45) is 13.4. The molecule has 1 atom stereocenters. The van der Waals surface area contributed by atoms with Crippen LogP contribution >= 0.6 is 11.8 Å². The minimum atomic E-state index is 0.395. The van der Waals surface area contributed by atoms with E-state index < -0.39 is 0 Å². The summed E-state index contributed by atoms with van der Waals surface area (Å²) in [5.74, 6) is 0. The Balaban J connectivity index is 1.89. The first-order valence-electron chi connectivity index (χ1n) is 7.50. The molecule has 0 spiro atoms. The van der Waals surface area contributed by atoms with Crippen molar-refractivity contribution in [2.75, 3.05) is 12.8 Å². The third-order valence-electron chi connectivity index (χ3n) is 4.41. The van der Waals surface area contributed by atoms with E-state index in [0.717, 1.165) is 13.1 Å². The molecule has 0 saturated heterocycles. The molecule has 1 fully saturated rings. The predicted octanol–water partition coefficient (Wildman–Crippen LogP) is 3.62. The molecule has 0 bridgehead atoms. The summed E-state index contributed by atoms with van der Waals surface area (Å²) < 4.78 is 2.46. The normalized spacial score (nSPS) is 20.4. The van der Waals surface area contributed by atoms with Gasteiger partial charge in [0, 0.05) is 35.6 Å². The standard InChI is InChI=1S/C15H27N3S/c1-4-18-11-14(10-17-18)13(2)16-12-15(19-3)8-6-5-7-9-15/h10-11,13,16H,4-9,12H2,1-3H3. The largest absolute Gasteiger partial charge is 0.309 e. The molecule has 0 aliphatic heterocycles. The molecule has 0 amide bonds. The highest BCUT2D eigenvalue weighted by atomic mass is 32.2. The monoisotopic (exact) mass is 281 g/mol. The molecular formula is C15H27N3S. The van der Waals surface area contributed by atoms with Crippen LogP contribution in [0.3, 0.4) is 0 Å². The summed E-state index contributed by atoms with van der Waals surface area (Å²) >= 11 is 2.06. The average molecular weight is 281 g/mol. The van der Waals surface area contributed by atoms with Gasteiger partial charge in [0.25, 0.3) is 0 Å². The van der Waals surface area contributed by atoms with Gasteiger partial charge in [0.05, 0.1) is 6.20 Å². The third-order valence-corrected chi connectivity index (χ3v) is 5.82. The van der Waals surface area contributed by atoms with Crippen molar-refractivity contribution in [2.24, 2.45) is 0 Å². The molecule has 4 heteroatoms. The molecule has 1 aliphatic carbocycles. The van der Waals surface area contributed by atoms with Gasteiger partial charge in [0.1, 0.15) is 0 Å². The number of aryl methyl sites for hydroxylation is 1.